The Kier molecular flexibility index (Phi) is 5.73. The number of sulfonamides is 1. The van der Waals surface area contributed by atoms with Crippen LogP contribution >= 0.6 is 0 Å². The van der Waals surface area contributed by atoms with E-state index in [4.69, 9.17) is 16.6 Å². The van der Waals surface area contributed by atoms with Gasteiger partial charge in [0.1, 0.15) is 11.4 Å². The van der Waals surface area contributed by atoms with Gasteiger partial charge in [-0.1, -0.05) is 6.07 Å². The molecule has 0 bridgehead atoms. The summed E-state index contributed by atoms with van der Waals surface area (Å²) in [6.07, 6.45) is 2.19. The molecule has 0 unspecified atom stereocenters. The number of nitrogens with one attached hydrogen (secondary N) is 3. The van der Waals surface area contributed by atoms with E-state index in [0.717, 1.165) is 11.8 Å². The molecule has 0 saturated carbocycles. The fourth-order valence-corrected chi connectivity index (χ4v) is 3.42. The van der Waals surface area contributed by atoms with Gasteiger partial charge in [-0.25, -0.2) is 23.1 Å². The van der Waals surface area contributed by atoms with Gasteiger partial charge >= 0.3 is 0 Å². The molecule has 0 aliphatic heterocycles. The maximum atomic E-state index is 12.5. The molecule has 0 aliphatic carbocycles. The first-order chi connectivity index (χ1) is 12.4. The molecule has 2 aromatic rings. The van der Waals surface area contributed by atoms with Crippen LogP contribution in [0.2, 0.25) is 0 Å². The number of nitrogens with zero attached hydrogens (tertiary/aromatic N) is 2. The number of benzene rings is 1. The first-order valence-corrected chi connectivity index (χ1v) is 9.48. The van der Waals surface area contributed by atoms with Crippen LogP contribution < -0.4 is 10.5 Å². The second-order valence-corrected chi connectivity index (χ2v) is 8.43. The van der Waals surface area contributed by atoms with E-state index in [1.54, 1.807) is 13.0 Å². The van der Waals surface area contributed by atoms with E-state index >= 15 is 0 Å². The molecule has 9 nitrogen and oxygen atoms in total. The standard InChI is InChI=1S/C17H22N6O3S/c1-10-4-5-11(27(25,26)22-9-17(2,3)24)6-12(10)14-8-21-16(20)15(23-14)13(19)7-18/h4-8,18-19,22,24H,9H2,1-3H3,(H2,20,21). The monoisotopic (exact) mass is 390 g/mol. The summed E-state index contributed by atoms with van der Waals surface area (Å²) < 4.78 is 27.4. The Morgan fingerprint density at radius 2 is 2.07 bits per heavy atom. The van der Waals surface area contributed by atoms with Gasteiger partial charge in [-0.15, -0.1) is 0 Å². The van der Waals surface area contributed by atoms with Gasteiger partial charge in [0.05, 0.1) is 22.4 Å². The third-order valence-electron chi connectivity index (χ3n) is 3.69. The van der Waals surface area contributed by atoms with Gasteiger partial charge in [-0.05, 0) is 38.5 Å². The molecule has 0 spiro atoms. The summed E-state index contributed by atoms with van der Waals surface area (Å²) in [7, 11) is -3.84. The summed E-state index contributed by atoms with van der Waals surface area (Å²) in [6, 6.07) is 4.53. The molecule has 0 aliphatic rings. The van der Waals surface area contributed by atoms with E-state index in [1.807, 2.05) is 0 Å². The lowest BCUT2D eigenvalue weighted by Crippen LogP contribution is -2.38. The van der Waals surface area contributed by atoms with Gasteiger partial charge in [0.25, 0.3) is 0 Å². The van der Waals surface area contributed by atoms with E-state index in [2.05, 4.69) is 14.7 Å². The van der Waals surface area contributed by atoms with Crippen LogP contribution in [0.1, 0.15) is 25.1 Å². The van der Waals surface area contributed by atoms with Gasteiger partial charge in [-0.2, -0.15) is 0 Å². The second kappa shape index (κ2) is 7.51. The minimum Gasteiger partial charge on any atom is -0.389 e. The van der Waals surface area contributed by atoms with Crippen molar-refractivity contribution >= 4 is 27.8 Å². The van der Waals surface area contributed by atoms with E-state index in [0.29, 0.717) is 11.3 Å². The highest BCUT2D eigenvalue weighted by Gasteiger charge is 2.21. The topological polar surface area (TPSA) is 166 Å². The number of aromatic nitrogens is 2. The Bertz CT molecular complexity index is 996. The molecule has 1 aromatic heterocycles. The van der Waals surface area contributed by atoms with Crippen molar-refractivity contribution in [3.05, 3.63) is 35.7 Å². The number of hydrogen-bond acceptors (Lipinski definition) is 8. The highest BCUT2D eigenvalue weighted by molar-refractivity contribution is 7.89. The maximum absolute atomic E-state index is 12.5. The van der Waals surface area contributed by atoms with Crippen molar-refractivity contribution in [3.8, 4) is 11.3 Å². The number of aryl methyl sites for hydroxylation is 1. The molecule has 1 aromatic carbocycles. The Labute approximate surface area is 157 Å². The van der Waals surface area contributed by atoms with Crippen LogP contribution in [0.5, 0.6) is 0 Å². The van der Waals surface area contributed by atoms with Gasteiger partial charge in [0.2, 0.25) is 10.0 Å². The summed E-state index contributed by atoms with van der Waals surface area (Å²) >= 11 is 0. The first-order valence-electron chi connectivity index (χ1n) is 7.99. The zero-order valence-corrected chi connectivity index (χ0v) is 16.1. The molecule has 0 saturated heterocycles. The summed E-state index contributed by atoms with van der Waals surface area (Å²) in [5.74, 6) is 0.0144. The van der Waals surface area contributed by atoms with E-state index in [1.165, 1.54) is 32.2 Å². The number of hydrogen-bond donors (Lipinski definition) is 5. The minimum atomic E-state index is -3.84. The molecule has 10 heteroatoms. The Morgan fingerprint density at radius 1 is 1.41 bits per heavy atom. The van der Waals surface area contributed by atoms with Gasteiger partial charge < -0.3 is 16.2 Å². The Balaban J connectivity index is 2.50. The van der Waals surface area contributed by atoms with Crippen LogP contribution in [-0.4, -0.2) is 47.6 Å². The van der Waals surface area contributed by atoms with Crippen LogP contribution in [0.3, 0.4) is 0 Å². The predicted molar refractivity (Wildman–Crippen MR) is 104 cm³/mol. The van der Waals surface area contributed by atoms with Gasteiger partial charge in [0.15, 0.2) is 5.82 Å². The molecule has 0 atom stereocenters. The minimum absolute atomic E-state index is 0.00894. The number of aliphatic hydroxyl groups is 1. The van der Waals surface area contributed by atoms with E-state index in [9.17, 15) is 13.5 Å². The van der Waals surface area contributed by atoms with Crippen molar-refractivity contribution in [2.45, 2.75) is 31.3 Å². The maximum Gasteiger partial charge on any atom is 0.240 e. The summed E-state index contributed by atoms with van der Waals surface area (Å²) in [4.78, 5) is 8.27. The zero-order chi connectivity index (χ0) is 20.4. The van der Waals surface area contributed by atoms with Gasteiger partial charge in [0, 0.05) is 18.3 Å². The third-order valence-corrected chi connectivity index (χ3v) is 5.09. The van der Waals surface area contributed by atoms with Crippen molar-refractivity contribution in [1.82, 2.24) is 14.7 Å². The largest absolute Gasteiger partial charge is 0.389 e. The average Bonchev–Trinajstić information content (AvgIpc) is 2.60. The number of nitrogens with two attached hydrogens (primary N) is 1. The van der Waals surface area contributed by atoms with Crippen LogP contribution in [-0.2, 0) is 10.0 Å². The quantitative estimate of drug-likeness (QED) is 0.444. The molecule has 27 heavy (non-hydrogen) atoms. The molecule has 2 rings (SSSR count). The molecule has 0 fully saturated rings. The predicted octanol–water partition coefficient (Wildman–Crippen LogP) is 1.10. The van der Waals surface area contributed by atoms with E-state index in [-0.39, 0.29) is 28.7 Å². The van der Waals surface area contributed by atoms with Crippen LogP contribution in [0.25, 0.3) is 11.3 Å². The molecular weight excluding hydrogens is 368 g/mol. The summed E-state index contributed by atoms with van der Waals surface area (Å²) in [6.45, 7) is 4.65. The Hall–Kier alpha value is -2.69. The van der Waals surface area contributed by atoms with Crippen molar-refractivity contribution in [3.63, 3.8) is 0 Å². The molecule has 1 heterocycles. The van der Waals surface area contributed by atoms with Crippen LogP contribution in [0.15, 0.2) is 29.3 Å². The van der Waals surface area contributed by atoms with Gasteiger partial charge in [-0.3, -0.25) is 5.41 Å². The zero-order valence-electron chi connectivity index (χ0n) is 15.2. The number of rotatable bonds is 7. The molecule has 144 valence electrons. The highest BCUT2D eigenvalue weighted by atomic mass is 32.2. The lowest BCUT2D eigenvalue weighted by molar-refractivity contribution is 0.0857. The lowest BCUT2D eigenvalue weighted by Gasteiger charge is -2.18. The fourth-order valence-electron chi connectivity index (χ4n) is 2.19. The van der Waals surface area contributed by atoms with Crippen molar-refractivity contribution in [2.24, 2.45) is 0 Å². The molecule has 0 amide bonds. The normalized spacial score (nSPS) is 12.0. The smallest absolute Gasteiger partial charge is 0.240 e. The third kappa shape index (κ3) is 4.94. The SMILES string of the molecule is Cc1ccc(S(=O)(=O)NCC(C)(C)O)cc1-c1cnc(N)c(C(=N)C=N)n1. The van der Waals surface area contributed by atoms with Crippen molar-refractivity contribution < 1.29 is 13.5 Å². The fraction of sp³-hybridized carbons (Fsp3) is 0.294. The van der Waals surface area contributed by atoms with E-state index < -0.39 is 15.6 Å². The molecule has 6 N–H and O–H groups in total. The van der Waals surface area contributed by atoms with Crippen LogP contribution in [0, 0.1) is 17.7 Å². The summed E-state index contributed by atoms with van der Waals surface area (Å²) in [5.41, 5.74) is 5.97. The van der Waals surface area contributed by atoms with Crippen molar-refractivity contribution in [1.29, 1.82) is 10.8 Å². The van der Waals surface area contributed by atoms with Crippen LogP contribution in [0.4, 0.5) is 5.82 Å². The van der Waals surface area contributed by atoms with Crippen molar-refractivity contribution in [2.75, 3.05) is 12.3 Å². The lowest BCUT2D eigenvalue weighted by atomic mass is 10.1. The molecule has 0 radical (unpaired) electrons. The second-order valence-electron chi connectivity index (χ2n) is 6.66. The number of nitrogen functional groups attached to an aromatic ring is 1. The molecular formula is C17H22N6O3S. The average molecular weight is 390 g/mol. The summed E-state index contributed by atoms with van der Waals surface area (Å²) in [5, 5.41) is 24.7. The number of anilines is 1. The first kappa shape index (κ1) is 20.6. The Morgan fingerprint density at radius 3 is 2.67 bits per heavy atom. The highest BCUT2D eigenvalue weighted by Crippen LogP contribution is 2.25.